The maximum absolute atomic E-state index is 12.9. The Kier molecular flexibility index (Phi) is 4.49. The van der Waals surface area contributed by atoms with Crippen molar-refractivity contribution in [2.24, 2.45) is 5.92 Å². The molecule has 1 aromatic heterocycles. The van der Waals surface area contributed by atoms with Crippen LogP contribution in [0.4, 0.5) is 0 Å². The van der Waals surface area contributed by atoms with Gasteiger partial charge in [-0.1, -0.05) is 25.1 Å². The third-order valence-electron chi connectivity index (χ3n) is 5.47. The number of amides is 2. The molecule has 1 aliphatic heterocycles. The molecule has 0 spiro atoms. The van der Waals surface area contributed by atoms with Crippen molar-refractivity contribution in [3.63, 3.8) is 0 Å². The van der Waals surface area contributed by atoms with E-state index in [2.05, 4.69) is 17.1 Å². The molecular weight excluding hydrogens is 328 g/mol. The highest BCUT2D eigenvalue weighted by Crippen LogP contribution is 2.27. The fourth-order valence-electron chi connectivity index (χ4n) is 3.87. The van der Waals surface area contributed by atoms with E-state index in [1.54, 1.807) is 0 Å². The first kappa shape index (κ1) is 16.8. The van der Waals surface area contributed by atoms with Crippen molar-refractivity contribution in [3.05, 3.63) is 52.8 Å². The van der Waals surface area contributed by atoms with Crippen LogP contribution in [-0.4, -0.2) is 58.0 Å². The first-order valence-electron chi connectivity index (χ1n) is 9.33. The van der Waals surface area contributed by atoms with E-state index in [4.69, 9.17) is 0 Å². The first-order valence-corrected chi connectivity index (χ1v) is 9.33. The second-order valence-corrected chi connectivity index (χ2v) is 7.33. The van der Waals surface area contributed by atoms with Crippen LogP contribution in [0.15, 0.2) is 30.3 Å². The van der Waals surface area contributed by atoms with Crippen molar-refractivity contribution in [2.45, 2.75) is 26.2 Å². The minimum Gasteiger partial charge on any atom is -0.335 e. The van der Waals surface area contributed by atoms with Gasteiger partial charge in [0.05, 0.1) is 0 Å². The fraction of sp³-hybridized carbons (Fsp3) is 0.450. The summed E-state index contributed by atoms with van der Waals surface area (Å²) in [5.74, 6) is 0.610. The van der Waals surface area contributed by atoms with Gasteiger partial charge in [0.2, 0.25) is 0 Å². The smallest absolute Gasteiger partial charge is 0.274 e. The van der Waals surface area contributed by atoms with Crippen LogP contribution in [0, 0.1) is 5.92 Å². The van der Waals surface area contributed by atoms with Crippen LogP contribution in [0.5, 0.6) is 0 Å². The number of benzene rings is 1. The first-order chi connectivity index (χ1) is 12.6. The quantitative estimate of drug-likeness (QED) is 0.900. The highest BCUT2D eigenvalue weighted by atomic mass is 16.2. The number of rotatable bonds is 2. The molecule has 0 radical (unpaired) electrons. The summed E-state index contributed by atoms with van der Waals surface area (Å²) in [4.78, 5) is 29.1. The Morgan fingerprint density at radius 3 is 2.38 bits per heavy atom. The van der Waals surface area contributed by atoms with Gasteiger partial charge in [0.15, 0.2) is 5.69 Å². The number of H-pyrrole nitrogens is 1. The number of fused-ring (bicyclic) bond motifs is 1. The zero-order valence-electron chi connectivity index (χ0n) is 15.1. The molecule has 2 heterocycles. The molecular formula is C20H24N4O2. The highest BCUT2D eigenvalue weighted by Gasteiger charge is 2.30. The number of piperazine rings is 1. The molecule has 2 amide bonds. The molecule has 6 heteroatoms. The molecule has 0 unspecified atom stereocenters. The van der Waals surface area contributed by atoms with Gasteiger partial charge < -0.3 is 9.80 Å². The molecule has 0 saturated carbocycles. The molecule has 4 rings (SSSR count). The van der Waals surface area contributed by atoms with Gasteiger partial charge in [0.25, 0.3) is 11.8 Å². The van der Waals surface area contributed by atoms with Crippen molar-refractivity contribution in [3.8, 4) is 0 Å². The van der Waals surface area contributed by atoms with Gasteiger partial charge in [-0.05, 0) is 37.3 Å². The van der Waals surface area contributed by atoms with Crippen LogP contribution in [0.3, 0.4) is 0 Å². The summed E-state index contributed by atoms with van der Waals surface area (Å²) in [6, 6.07) is 9.30. The minimum atomic E-state index is -0.0107. The van der Waals surface area contributed by atoms with Crippen molar-refractivity contribution in [1.29, 1.82) is 0 Å². The van der Waals surface area contributed by atoms with E-state index in [-0.39, 0.29) is 11.8 Å². The van der Waals surface area contributed by atoms with E-state index < -0.39 is 0 Å². The third-order valence-corrected chi connectivity index (χ3v) is 5.47. The van der Waals surface area contributed by atoms with E-state index in [0.717, 1.165) is 30.5 Å². The lowest BCUT2D eigenvalue weighted by molar-refractivity contribution is 0.0531. The minimum absolute atomic E-state index is 0.0107. The van der Waals surface area contributed by atoms with E-state index in [9.17, 15) is 9.59 Å². The number of carbonyl (C=O) groups excluding carboxylic acids is 2. The second-order valence-electron chi connectivity index (χ2n) is 7.33. The topological polar surface area (TPSA) is 69.3 Å². The number of carbonyl (C=O) groups is 2. The standard InChI is InChI=1S/C20H24N4O2/c1-14-7-8-17-16(13-14)18(22-21-17)20(26)24-11-9-23(10-12-24)19(25)15-5-3-2-4-6-15/h2-6,14H,7-13H2,1H3,(H,21,22)/t14-/m0/s1. The van der Waals surface area contributed by atoms with Crippen molar-refractivity contribution in [1.82, 2.24) is 20.0 Å². The van der Waals surface area contributed by atoms with Crippen molar-refractivity contribution in [2.75, 3.05) is 26.2 Å². The molecule has 1 fully saturated rings. The Morgan fingerprint density at radius 2 is 1.69 bits per heavy atom. The number of aromatic nitrogens is 2. The average Bonchev–Trinajstić information content (AvgIpc) is 3.10. The summed E-state index contributed by atoms with van der Waals surface area (Å²) >= 11 is 0. The van der Waals surface area contributed by atoms with Gasteiger partial charge in [0, 0.05) is 43.0 Å². The lowest BCUT2D eigenvalue weighted by Crippen LogP contribution is -2.50. The van der Waals surface area contributed by atoms with E-state index in [0.29, 0.717) is 43.4 Å². The SMILES string of the molecule is C[C@H]1CCc2[nH]nc(C(=O)N3CCN(C(=O)c4ccccc4)CC3)c2C1. The maximum atomic E-state index is 12.9. The lowest BCUT2D eigenvalue weighted by atomic mass is 9.87. The van der Waals surface area contributed by atoms with Crippen LogP contribution >= 0.6 is 0 Å². The summed E-state index contributed by atoms with van der Waals surface area (Å²) in [7, 11) is 0. The molecule has 2 aliphatic rings. The van der Waals surface area contributed by atoms with E-state index >= 15 is 0 Å². The Labute approximate surface area is 153 Å². The Morgan fingerprint density at radius 1 is 1.04 bits per heavy atom. The third kappa shape index (κ3) is 3.11. The van der Waals surface area contributed by atoms with Crippen LogP contribution < -0.4 is 0 Å². The molecule has 1 atom stereocenters. The van der Waals surface area contributed by atoms with Gasteiger partial charge in [0.1, 0.15) is 0 Å². The zero-order valence-corrected chi connectivity index (χ0v) is 15.1. The highest BCUT2D eigenvalue weighted by molar-refractivity contribution is 5.96. The number of hydrogen-bond acceptors (Lipinski definition) is 3. The van der Waals surface area contributed by atoms with Gasteiger partial charge in [-0.3, -0.25) is 14.7 Å². The molecule has 6 nitrogen and oxygen atoms in total. The molecule has 1 aliphatic carbocycles. The Hall–Kier alpha value is -2.63. The lowest BCUT2D eigenvalue weighted by Gasteiger charge is -2.34. The van der Waals surface area contributed by atoms with Gasteiger partial charge in [-0.15, -0.1) is 0 Å². The Balaban J connectivity index is 1.42. The van der Waals surface area contributed by atoms with Crippen LogP contribution in [0.2, 0.25) is 0 Å². The normalized spacial score (nSPS) is 20.0. The Bertz CT molecular complexity index is 806. The van der Waals surface area contributed by atoms with Crippen molar-refractivity contribution < 1.29 is 9.59 Å². The number of hydrogen-bond donors (Lipinski definition) is 1. The monoisotopic (exact) mass is 352 g/mol. The second kappa shape index (κ2) is 6.94. The number of nitrogens with one attached hydrogen (secondary N) is 1. The van der Waals surface area contributed by atoms with E-state index in [1.165, 1.54) is 0 Å². The molecule has 1 aromatic carbocycles. The van der Waals surface area contributed by atoms with Crippen LogP contribution in [0.25, 0.3) is 0 Å². The summed E-state index contributed by atoms with van der Waals surface area (Å²) in [6.45, 7) is 4.44. The summed E-state index contributed by atoms with van der Waals surface area (Å²) in [6.07, 6.45) is 3.03. The number of aromatic amines is 1. The van der Waals surface area contributed by atoms with E-state index in [1.807, 2.05) is 40.1 Å². The van der Waals surface area contributed by atoms with Crippen LogP contribution in [-0.2, 0) is 12.8 Å². The molecule has 26 heavy (non-hydrogen) atoms. The van der Waals surface area contributed by atoms with Crippen molar-refractivity contribution >= 4 is 11.8 Å². The largest absolute Gasteiger partial charge is 0.335 e. The number of nitrogens with zero attached hydrogens (tertiary/aromatic N) is 3. The molecule has 0 bridgehead atoms. The summed E-state index contributed by atoms with van der Waals surface area (Å²) in [5, 5.41) is 7.37. The van der Waals surface area contributed by atoms with Gasteiger partial charge >= 0.3 is 0 Å². The maximum Gasteiger partial charge on any atom is 0.274 e. The van der Waals surface area contributed by atoms with Gasteiger partial charge in [-0.2, -0.15) is 5.10 Å². The summed E-state index contributed by atoms with van der Waals surface area (Å²) in [5.41, 5.74) is 3.48. The van der Waals surface area contributed by atoms with Crippen LogP contribution in [0.1, 0.15) is 45.4 Å². The molecule has 136 valence electrons. The predicted octanol–water partition coefficient (Wildman–Crippen LogP) is 2.13. The number of aryl methyl sites for hydroxylation is 1. The zero-order chi connectivity index (χ0) is 18.1. The molecule has 1 saturated heterocycles. The predicted molar refractivity (Wildman–Crippen MR) is 98.0 cm³/mol. The summed E-state index contributed by atoms with van der Waals surface area (Å²) < 4.78 is 0. The molecule has 2 aromatic rings. The van der Waals surface area contributed by atoms with Gasteiger partial charge in [-0.25, -0.2) is 0 Å². The molecule has 1 N–H and O–H groups in total. The average molecular weight is 352 g/mol. The fourth-order valence-corrected chi connectivity index (χ4v) is 3.87.